The first-order valence-corrected chi connectivity index (χ1v) is 5.30. The Morgan fingerprint density at radius 3 is 2.00 bits per heavy atom. The van der Waals surface area contributed by atoms with Crippen LogP contribution in [0.15, 0.2) is 12.2 Å². The second-order valence-electron chi connectivity index (χ2n) is 5.01. The van der Waals surface area contributed by atoms with Crippen LogP contribution in [0.3, 0.4) is 0 Å². The van der Waals surface area contributed by atoms with Gasteiger partial charge >= 0.3 is 0 Å². The maximum absolute atomic E-state index is 11.6. The fourth-order valence-electron chi connectivity index (χ4n) is 3.88. The molecule has 2 saturated carbocycles. The van der Waals surface area contributed by atoms with E-state index in [0.717, 1.165) is 0 Å². The second-order valence-corrected chi connectivity index (χ2v) is 5.01. The number of hydrogen-bond donors (Lipinski definition) is 1. The van der Waals surface area contributed by atoms with Gasteiger partial charge in [-0.3, -0.25) is 14.9 Å². The number of nitrogens with one attached hydrogen (secondary N) is 1. The van der Waals surface area contributed by atoms with Crippen molar-refractivity contribution in [1.82, 2.24) is 5.32 Å². The minimum absolute atomic E-state index is 0.0234. The molecule has 5 aliphatic rings. The van der Waals surface area contributed by atoms with E-state index in [-0.39, 0.29) is 23.7 Å². The second kappa shape index (κ2) is 1.95. The monoisotopic (exact) mass is 189 g/mol. The highest BCUT2D eigenvalue weighted by atomic mass is 16.2. The van der Waals surface area contributed by atoms with E-state index in [9.17, 15) is 9.59 Å². The first kappa shape index (κ1) is 7.21. The summed E-state index contributed by atoms with van der Waals surface area (Å²) in [6.07, 6.45) is 5.59. The Morgan fingerprint density at radius 2 is 1.50 bits per heavy atom. The average Bonchev–Trinajstić information content (AvgIpc) is 2.92. The van der Waals surface area contributed by atoms with Gasteiger partial charge in [0.2, 0.25) is 11.8 Å². The molecule has 0 aromatic heterocycles. The molecule has 0 unspecified atom stereocenters. The number of amides is 2. The molecule has 1 saturated heterocycles. The summed E-state index contributed by atoms with van der Waals surface area (Å²) in [6, 6.07) is 0. The standard InChI is InChI=1S/C11H11NO2/c13-10-8-4-1-2-5(7-3-6(4)7)9(8)11(14)12-10/h1-2,4-9H,3H2,(H,12,13,14)/t4-,5+,6+,7-,8-,9+. The van der Waals surface area contributed by atoms with Crippen LogP contribution in [-0.2, 0) is 9.59 Å². The summed E-state index contributed by atoms with van der Waals surface area (Å²) in [7, 11) is 0. The zero-order chi connectivity index (χ0) is 9.45. The molecule has 1 heterocycles. The first-order valence-electron chi connectivity index (χ1n) is 5.30. The summed E-state index contributed by atoms with van der Waals surface area (Å²) in [5, 5.41) is 2.48. The number of allylic oxidation sites excluding steroid dienone is 2. The van der Waals surface area contributed by atoms with Crippen molar-refractivity contribution in [3.63, 3.8) is 0 Å². The molecule has 14 heavy (non-hydrogen) atoms. The summed E-state index contributed by atoms with van der Waals surface area (Å²) < 4.78 is 0. The predicted molar refractivity (Wildman–Crippen MR) is 47.8 cm³/mol. The number of imide groups is 1. The highest BCUT2D eigenvalue weighted by Gasteiger charge is 2.65. The Morgan fingerprint density at radius 1 is 1.00 bits per heavy atom. The van der Waals surface area contributed by atoms with E-state index in [1.54, 1.807) is 0 Å². The molecular weight excluding hydrogens is 178 g/mol. The van der Waals surface area contributed by atoms with E-state index in [0.29, 0.717) is 23.7 Å². The molecule has 6 atom stereocenters. The average molecular weight is 189 g/mol. The van der Waals surface area contributed by atoms with E-state index < -0.39 is 0 Å². The van der Waals surface area contributed by atoms with Crippen molar-refractivity contribution in [2.45, 2.75) is 6.42 Å². The van der Waals surface area contributed by atoms with E-state index in [1.807, 2.05) is 0 Å². The van der Waals surface area contributed by atoms with Crippen molar-refractivity contribution in [2.24, 2.45) is 35.5 Å². The van der Waals surface area contributed by atoms with Crippen molar-refractivity contribution in [2.75, 3.05) is 0 Å². The van der Waals surface area contributed by atoms with Gasteiger partial charge in [0.25, 0.3) is 0 Å². The van der Waals surface area contributed by atoms with Gasteiger partial charge in [-0.25, -0.2) is 0 Å². The lowest BCUT2D eigenvalue weighted by molar-refractivity contribution is -0.126. The zero-order valence-electron chi connectivity index (χ0n) is 7.64. The topological polar surface area (TPSA) is 46.2 Å². The summed E-state index contributed by atoms with van der Waals surface area (Å²) in [4.78, 5) is 23.2. The molecule has 0 radical (unpaired) electrons. The molecule has 3 fully saturated rings. The summed E-state index contributed by atoms with van der Waals surface area (Å²) in [6.45, 7) is 0. The molecule has 2 bridgehead atoms. The highest BCUT2D eigenvalue weighted by molar-refractivity contribution is 6.06. The van der Waals surface area contributed by atoms with Crippen molar-refractivity contribution in [3.8, 4) is 0 Å². The van der Waals surface area contributed by atoms with Gasteiger partial charge in [-0.15, -0.1) is 0 Å². The number of hydrogen-bond acceptors (Lipinski definition) is 2. The third kappa shape index (κ3) is 0.606. The lowest BCUT2D eigenvalue weighted by Gasteiger charge is -2.37. The summed E-state index contributed by atoms with van der Waals surface area (Å²) >= 11 is 0. The minimum atomic E-state index is -0.0266. The molecule has 72 valence electrons. The maximum Gasteiger partial charge on any atom is 0.231 e. The van der Waals surface area contributed by atoms with Gasteiger partial charge in [-0.1, -0.05) is 12.2 Å². The van der Waals surface area contributed by atoms with Crippen LogP contribution in [-0.4, -0.2) is 11.8 Å². The Balaban J connectivity index is 1.88. The Labute approximate surface area is 81.5 Å². The normalized spacial score (nSPS) is 56.9. The number of carbonyl (C=O) groups excluding carboxylic acids is 2. The lowest BCUT2D eigenvalue weighted by Crippen LogP contribution is -2.40. The molecule has 3 heteroatoms. The summed E-state index contributed by atoms with van der Waals surface area (Å²) in [5.74, 6) is 2.05. The molecule has 1 aliphatic heterocycles. The van der Waals surface area contributed by atoms with Gasteiger partial charge < -0.3 is 0 Å². The molecule has 1 N–H and O–H groups in total. The lowest BCUT2D eigenvalue weighted by atomic mass is 9.63. The SMILES string of the molecule is O=C1NC(=O)[C@H]2[C@H]3C=C[C@H]([C@@H]4C[C@H]34)[C@@H]12. The fourth-order valence-corrected chi connectivity index (χ4v) is 3.88. The Bertz CT molecular complexity index is 353. The van der Waals surface area contributed by atoms with E-state index in [2.05, 4.69) is 17.5 Å². The largest absolute Gasteiger partial charge is 0.296 e. The van der Waals surface area contributed by atoms with Crippen LogP contribution in [0.1, 0.15) is 6.42 Å². The van der Waals surface area contributed by atoms with Crippen LogP contribution in [0, 0.1) is 35.5 Å². The highest BCUT2D eigenvalue weighted by Crippen LogP contribution is 2.64. The van der Waals surface area contributed by atoms with Crippen LogP contribution < -0.4 is 5.32 Å². The van der Waals surface area contributed by atoms with Crippen molar-refractivity contribution >= 4 is 11.8 Å². The number of rotatable bonds is 0. The molecule has 5 rings (SSSR count). The van der Waals surface area contributed by atoms with Gasteiger partial charge in [0.1, 0.15) is 0 Å². The quantitative estimate of drug-likeness (QED) is 0.441. The molecule has 0 spiro atoms. The van der Waals surface area contributed by atoms with Crippen LogP contribution in [0.5, 0.6) is 0 Å². The predicted octanol–water partition coefficient (Wildman–Crippen LogP) is 0.327. The molecule has 3 nitrogen and oxygen atoms in total. The van der Waals surface area contributed by atoms with Crippen molar-refractivity contribution in [3.05, 3.63) is 12.2 Å². The van der Waals surface area contributed by atoms with Crippen LogP contribution in [0.2, 0.25) is 0 Å². The van der Waals surface area contributed by atoms with Gasteiger partial charge in [-0.2, -0.15) is 0 Å². The minimum Gasteiger partial charge on any atom is -0.296 e. The molecular formula is C11H11NO2. The van der Waals surface area contributed by atoms with Gasteiger partial charge in [-0.05, 0) is 30.1 Å². The number of carbonyl (C=O) groups is 2. The van der Waals surface area contributed by atoms with Crippen LogP contribution in [0.25, 0.3) is 0 Å². The van der Waals surface area contributed by atoms with Crippen molar-refractivity contribution < 1.29 is 9.59 Å². The summed E-state index contributed by atoms with van der Waals surface area (Å²) in [5.41, 5.74) is 0. The molecule has 2 amide bonds. The smallest absolute Gasteiger partial charge is 0.231 e. The van der Waals surface area contributed by atoms with E-state index in [4.69, 9.17) is 0 Å². The Hall–Kier alpha value is -1.12. The maximum atomic E-state index is 11.6. The first-order chi connectivity index (χ1) is 6.77. The van der Waals surface area contributed by atoms with E-state index >= 15 is 0 Å². The van der Waals surface area contributed by atoms with Gasteiger partial charge in [0.05, 0.1) is 11.8 Å². The molecule has 0 aromatic carbocycles. The fraction of sp³-hybridized carbons (Fsp3) is 0.636. The zero-order valence-corrected chi connectivity index (χ0v) is 7.64. The third-order valence-corrected chi connectivity index (χ3v) is 4.50. The Kier molecular flexibility index (Phi) is 1.00. The third-order valence-electron chi connectivity index (χ3n) is 4.50. The van der Waals surface area contributed by atoms with E-state index in [1.165, 1.54) is 6.42 Å². The van der Waals surface area contributed by atoms with Crippen LogP contribution in [0.4, 0.5) is 0 Å². The van der Waals surface area contributed by atoms with Gasteiger partial charge in [0.15, 0.2) is 0 Å². The van der Waals surface area contributed by atoms with Crippen LogP contribution >= 0.6 is 0 Å². The molecule has 0 aromatic rings. The van der Waals surface area contributed by atoms with Crippen molar-refractivity contribution in [1.29, 1.82) is 0 Å². The van der Waals surface area contributed by atoms with Gasteiger partial charge in [0, 0.05) is 0 Å². The molecule has 4 aliphatic carbocycles.